The second kappa shape index (κ2) is 10.00. The lowest BCUT2D eigenvalue weighted by atomic mass is 10.2. The van der Waals surface area contributed by atoms with E-state index >= 15 is 4.39 Å². The summed E-state index contributed by atoms with van der Waals surface area (Å²) < 4.78 is 87.0. The van der Waals surface area contributed by atoms with Crippen molar-refractivity contribution in [2.75, 3.05) is 5.32 Å². The van der Waals surface area contributed by atoms with Crippen molar-refractivity contribution in [2.45, 2.75) is 52.6 Å². The smallest absolute Gasteiger partial charge is 0.425 e. The summed E-state index contributed by atoms with van der Waals surface area (Å²) in [5.41, 5.74) is -3.21. The summed E-state index contributed by atoms with van der Waals surface area (Å²) >= 11 is 0. The molecule has 0 bridgehead atoms. The van der Waals surface area contributed by atoms with Crippen molar-refractivity contribution in [1.82, 2.24) is 29.5 Å². The van der Waals surface area contributed by atoms with E-state index in [1.807, 2.05) is 5.32 Å². The third-order valence-corrected chi connectivity index (χ3v) is 4.93. The molecule has 3 aromatic rings. The van der Waals surface area contributed by atoms with Crippen molar-refractivity contribution in [2.24, 2.45) is 0 Å². The van der Waals surface area contributed by atoms with Crippen molar-refractivity contribution >= 4 is 11.6 Å². The number of H-pyrrole nitrogens is 1. The number of rotatable bonds is 8. The van der Waals surface area contributed by atoms with Crippen molar-refractivity contribution < 1.29 is 41.0 Å². The van der Waals surface area contributed by atoms with Gasteiger partial charge in [0.25, 0.3) is 12.3 Å². The third kappa shape index (κ3) is 5.05. The second-order valence-corrected chi connectivity index (χ2v) is 7.32. The number of amides is 1. The van der Waals surface area contributed by atoms with Crippen LogP contribution in [0.4, 0.5) is 32.0 Å². The van der Waals surface area contributed by atoms with Crippen LogP contribution in [0.1, 0.15) is 47.8 Å². The number of hydrogen-bond acceptors (Lipinski definition) is 7. The zero-order valence-corrected chi connectivity index (χ0v) is 18.8. The van der Waals surface area contributed by atoms with Gasteiger partial charge < -0.3 is 15.2 Å². The number of pyridine rings is 1. The van der Waals surface area contributed by atoms with Crippen LogP contribution >= 0.6 is 0 Å². The molecule has 0 aromatic carbocycles. The van der Waals surface area contributed by atoms with E-state index in [9.17, 15) is 36.6 Å². The van der Waals surface area contributed by atoms with Gasteiger partial charge in [-0.15, -0.1) is 5.10 Å². The fourth-order valence-corrected chi connectivity index (χ4v) is 3.05. The number of nitrogens with zero attached hydrogens (tertiary/aromatic N) is 5. The van der Waals surface area contributed by atoms with E-state index in [1.165, 1.54) is 13.8 Å². The summed E-state index contributed by atoms with van der Waals surface area (Å²) in [5.74, 6) is -4.89. The summed E-state index contributed by atoms with van der Waals surface area (Å²) in [6.07, 6.45) is -10.6. The van der Waals surface area contributed by atoms with E-state index in [1.54, 1.807) is 0 Å². The van der Waals surface area contributed by atoms with Crippen LogP contribution in [0.15, 0.2) is 10.9 Å². The first kappa shape index (κ1) is 26.7. The molecule has 0 radical (unpaired) electrons. The molecule has 0 aliphatic carbocycles. The van der Waals surface area contributed by atoms with E-state index in [0.717, 1.165) is 4.57 Å². The van der Waals surface area contributed by atoms with Crippen LogP contribution in [0.2, 0.25) is 0 Å². The Balaban J connectivity index is 2.15. The fourth-order valence-electron chi connectivity index (χ4n) is 3.05. The zero-order valence-electron chi connectivity index (χ0n) is 18.8. The van der Waals surface area contributed by atoms with E-state index in [-0.39, 0.29) is 18.1 Å². The topological polar surface area (TPSA) is 140 Å². The number of carbonyl (C=O) groups is 1. The molecule has 0 spiro atoms. The van der Waals surface area contributed by atoms with Gasteiger partial charge in [0, 0.05) is 6.54 Å². The van der Waals surface area contributed by atoms with E-state index < -0.39 is 71.4 Å². The highest BCUT2D eigenvalue weighted by atomic mass is 19.4. The molecule has 3 heterocycles. The number of aromatic amines is 1. The van der Waals surface area contributed by atoms with Gasteiger partial charge in [-0.1, -0.05) is 0 Å². The third-order valence-electron chi connectivity index (χ3n) is 4.93. The number of ether oxygens (including phenoxy) is 1. The predicted octanol–water partition coefficient (Wildman–Crippen LogP) is 2.63. The number of aromatic nitrogens is 6. The Morgan fingerprint density at radius 2 is 2.00 bits per heavy atom. The van der Waals surface area contributed by atoms with Crippen molar-refractivity contribution in [3.05, 3.63) is 45.1 Å². The average Bonchev–Trinajstić information content (AvgIpc) is 3.32. The van der Waals surface area contributed by atoms with Gasteiger partial charge >= 0.3 is 11.9 Å². The molecule has 3 N–H and O–H groups in total. The molecule has 0 saturated heterocycles. The lowest BCUT2D eigenvalue weighted by Crippen LogP contribution is -2.33. The first-order chi connectivity index (χ1) is 16.8. The Labute approximate surface area is 197 Å². The first-order valence-electron chi connectivity index (χ1n) is 10.2. The van der Waals surface area contributed by atoms with Gasteiger partial charge in [-0.05, 0) is 26.8 Å². The maximum Gasteiger partial charge on any atom is 0.425 e. The molecule has 17 heteroatoms. The van der Waals surface area contributed by atoms with Crippen LogP contribution in [0, 0.1) is 12.7 Å². The van der Waals surface area contributed by atoms with Crippen molar-refractivity contribution in [3.63, 3.8) is 0 Å². The Kier molecular flexibility index (Phi) is 7.42. The number of aliphatic hydroxyl groups excluding tert-OH is 1. The Hall–Kier alpha value is -3.89. The summed E-state index contributed by atoms with van der Waals surface area (Å²) in [4.78, 5) is 29.0. The SMILES string of the molecule is CCn1c(CO)nn(-c2nc(OC(C)C(F)(F)F)c(C(=O)Nc3c(C(F)F)n[nH]c3C)cc2F)c1=O. The minimum Gasteiger partial charge on any atom is -0.464 e. The highest BCUT2D eigenvalue weighted by Gasteiger charge is 2.39. The van der Waals surface area contributed by atoms with Gasteiger partial charge in [-0.3, -0.25) is 14.5 Å². The maximum atomic E-state index is 15.0. The molecule has 1 unspecified atom stereocenters. The summed E-state index contributed by atoms with van der Waals surface area (Å²) in [5, 5.41) is 20.7. The number of nitrogens with one attached hydrogen (secondary N) is 2. The molecule has 11 nitrogen and oxygen atoms in total. The molecule has 0 fully saturated rings. The lowest BCUT2D eigenvalue weighted by molar-refractivity contribution is -0.190. The Morgan fingerprint density at radius 1 is 1.33 bits per heavy atom. The van der Waals surface area contributed by atoms with E-state index in [0.29, 0.717) is 17.7 Å². The first-order valence-corrected chi connectivity index (χ1v) is 10.2. The average molecular weight is 523 g/mol. The van der Waals surface area contributed by atoms with Crippen molar-refractivity contribution in [3.8, 4) is 11.7 Å². The highest BCUT2D eigenvalue weighted by Crippen LogP contribution is 2.31. The van der Waals surface area contributed by atoms with Crippen LogP contribution in [0.3, 0.4) is 0 Å². The minimum absolute atomic E-state index is 0.0111. The number of anilines is 1. The van der Waals surface area contributed by atoms with Gasteiger partial charge in [-0.25, -0.2) is 18.0 Å². The van der Waals surface area contributed by atoms with Gasteiger partial charge in [0.2, 0.25) is 5.88 Å². The molecule has 0 aliphatic rings. The summed E-state index contributed by atoms with van der Waals surface area (Å²) in [6.45, 7) is 2.69. The van der Waals surface area contributed by atoms with Crippen molar-refractivity contribution in [1.29, 1.82) is 0 Å². The molecular formula is C19H19F6N7O4. The number of aryl methyl sites for hydroxylation is 1. The molecule has 3 aromatic heterocycles. The number of alkyl halides is 5. The lowest BCUT2D eigenvalue weighted by Gasteiger charge is -2.19. The summed E-state index contributed by atoms with van der Waals surface area (Å²) in [6, 6.07) is 0.420. The van der Waals surface area contributed by atoms with Gasteiger partial charge in [0.05, 0.1) is 11.4 Å². The number of halogens is 6. The Bertz CT molecular complexity index is 1330. The molecule has 36 heavy (non-hydrogen) atoms. The predicted molar refractivity (Wildman–Crippen MR) is 110 cm³/mol. The summed E-state index contributed by atoms with van der Waals surface area (Å²) in [7, 11) is 0. The van der Waals surface area contributed by atoms with Crippen LogP contribution in [0.5, 0.6) is 5.88 Å². The quantitative estimate of drug-likeness (QED) is 0.386. The Morgan fingerprint density at radius 3 is 2.53 bits per heavy atom. The molecule has 0 aliphatic heterocycles. The highest BCUT2D eigenvalue weighted by molar-refractivity contribution is 6.06. The normalized spacial score (nSPS) is 12.8. The minimum atomic E-state index is -4.93. The van der Waals surface area contributed by atoms with Crippen LogP contribution in [0.25, 0.3) is 5.82 Å². The number of aliphatic hydroxyl groups is 1. The molecule has 196 valence electrons. The second-order valence-electron chi connectivity index (χ2n) is 7.32. The van der Waals surface area contributed by atoms with E-state index in [2.05, 4.69) is 20.3 Å². The van der Waals surface area contributed by atoms with Crippen LogP contribution < -0.4 is 15.7 Å². The molecule has 1 amide bonds. The zero-order chi connectivity index (χ0) is 26.9. The standard InChI is InChI=1S/C19H19F6N7O4/c1-4-31-11(6-33)30-32(18(31)35)15-10(20)5-9(17(27-15)36-8(3)19(23,24)25)16(34)26-12-7(2)28-29-13(12)14(21)22/h5,8,14,33H,4,6H2,1-3H3,(H,26,34)(H,28,29). The van der Waals surface area contributed by atoms with Gasteiger partial charge in [0.15, 0.2) is 29.3 Å². The fraction of sp³-hybridized carbons (Fsp3) is 0.421. The molecule has 3 rings (SSSR count). The molecule has 1 atom stereocenters. The van der Waals surface area contributed by atoms with Crippen LogP contribution in [-0.4, -0.2) is 52.8 Å². The number of hydrogen-bond donors (Lipinski definition) is 3. The van der Waals surface area contributed by atoms with Gasteiger partial charge in [0.1, 0.15) is 12.2 Å². The maximum absolute atomic E-state index is 15.0. The largest absolute Gasteiger partial charge is 0.464 e. The van der Waals surface area contributed by atoms with E-state index in [4.69, 9.17) is 4.74 Å². The number of carbonyl (C=O) groups excluding carboxylic acids is 1. The molecule has 0 saturated carbocycles. The van der Waals surface area contributed by atoms with Gasteiger partial charge in [-0.2, -0.15) is 27.9 Å². The van der Waals surface area contributed by atoms with Crippen LogP contribution in [-0.2, 0) is 13.2 Å². The molecular weight excluding hydrogens is 504 g/mol. The monoisotopic (exact) mass is 523 g/mol.